The smallest absolute Gasteiger partial charge is 0.340 e. The fourth-order valence-electron chi connectivity index (χ4n) is 2.01. The fraction of sp³-hybridized carbons (Fsp3) is 0.133. The van der Waals surface area contributed by atoms with E-state index < -0.39 is 38.9 Å². The highest BCUT2D eigenvalue weighted by Crippen LogP contribution is 2.25. The van der Waals surface area contributed by atoms with Crippen LogP contribution in [0.5, 0.6) is 0 Å². The first-order valence-corrected chi connectivity index (χ1v) is 8.38. The Hall–Kier alpha value is -2.19. The van der Waals surface area contributed by atoms with Crippen molar-refractivity contribution in [2.24, 2.45) is 0 Å². The summed E-state index contributed by atoms with van der Waals surface area (Å²) < 4.78 is 58.6. The number of anilines is 1. The Balaban J connectivity index is 2.48. The van der Waals surface area contributed by atoms with Crippen LogP contribution in [0.3, 0.4) is 0 Å². The Morgan fingerprint density at radius 3 is 2.42 bits per heavy atom. The molecule has 0 aliphatic heterocycles. The van der Waals surface area contributed by atoms with Gasteiger partial charge in [-0.2, -0.15) is 0 Å². The van der Waals surface area contributed by atoms with E-state index in [4.69, 9.17) is 11.6 Å². The van der Waals surface area contributed by atoms with Gasteiger partial charge in [0.15, 0.2) is 0 Å². The molecule has 0 spiro atoms. The van der Waals surface area contributed by atoms with Gasteiger partial charge in [0.2, 0.25) is 0 Å². The van der Waals surface area contributed by atoms with E-state index in [-0.39, 0.29) is 4.90 Å². The summed E-state index contributed by atoms with van der Waals surface area (Å²) in [5.41, 5.74) is -0.832. The first-order chi connectivity index (χ1) is 11.2. The van der Waals surface area contributed by atoms with E-state index in [0.717, 1.165) is 13.2 Å². The monoisotopic (exact) mass is 375 g/mol. The van der Waals surface area contributed by atoms with Crippen molar-refractivity contribution in [3.05, 3.63) is 58.1 Å². The molecule has 9 heteroatoms. The Bertz CT molecular complexity index is 916. The van der Waals surface area contributed by atoms with Gasteiger partial charge in [0.25, 0.3) is 10.0 Å². The Morgan fingerprint density at radius 1 is 1.17 bits per heavy atom. The van der Waals surface area contributed by atoms with Crippen LogP contribution in [-0.2, 0) is 14.8 Å². The average Bonchev–Trinajstić information content (AvgIpc) is 2.48. The third-order valence-electron chi connectivity index (χ3n) is 3.13. The predicted octanol–water partition coefficient (Wildman–Crippen LogP) is 3.51. The van der Waals surface area contributed by atoms with Gasteiger partial charge in [-0.05, 0) is 36.8 Å². The van der Waals surface area contributed by atoms with Gasteiger partial charge in [0, 0.05) is 11.1 Å². The zero-order chi connectivity index (χ0) is 18.1. The molecule has 0 saturated carbocycles. The lowest BCUT2D eigenvalue weighted by Crippen LogP contribution is -2.16. The van der Waals surface area contributed by atoms with E-state index in [2.05, 4.69) is 4.74 Å². The third kappa shape index (κ3) is 3.65. The van der Waals surface area contributed by atoms with E-state index in [0.29, 0.717) is 16.7 Å². The van der Waals surface area contributed by atoms with Crippen LogP contribution in [0.4, 0.5) is 14.5 Å². The number of ether oxygens (including phenoxy) is 1. The number of esters is 1. The summed E-state index contributed by atoms with van der Waals surface area (Å²) in [7, 11) is -3.15. The molecule has 0 fully saturated rings. The topological polar surface area (TPSA) is 72.5 Å². The van der Waals surface area contributed by atoms with Crippen molar-refractivity contribution in [1.29, 1.82) is 0 Å². The third-order valence-corrected chi connectivity index (χ3v) is 4.89. The summed E-state index contributed by atoms with van der Waals surface area (Å²) >= 11 is 5.77. The minimum absolute atomic E-state index is 0.129. The molecule has 2 rings (SSSR count). The molecule has 0 bridgehead atoms. The number of hydrogen-bond donors (Lipinski definition) is 1. The maximum absolute atomic E-state index is 13.9. The molecule has 0 atom stereocenters. The van der Waals surface area contributed by atoms with Crippen molar-refractivity contribution in [2.75, 3.05) is 11.8 Å². The molecule has 0 heterocycles. The maximum Gasteiger partial charge on any atom is 0.340 e. The second kappa shape index (κ2) is 6.74. The number of methoxy groups -OCH3 is 1. The number of sulfonamides is 1. The van der Waals surface area contributed by atoms with Crippen LogP contribution in [0, 0.1) is 18.6 Å². The molecule has 0 aromatic heterocycles. The zero-order valence-electron chi connectivity index (χ0n) is 12.6. The summed E-state index contributed by atoms with van der Waals surface area (Å²) in [6, 6.07) is 5.18. The SMILES string of the molecule is COC(=O)c1cc(NS(=O)(=O)c2ccc(Cl)cc2C)c(F)cc1F. The van der Waals surface area contributed by atoms with Gasteiger partial charge in [-0.3, -0.25) is 4.72 Å². The van der Waals surface area contributed by atoms with Gasteiger partial charge in [-0.25, -0.2) is 22.0 Å². The molecule has 2 aromatic carbocycles. The van der Waals surface area contributed by atoms with Gasteiger partial charge < -0.3 is 4.74 Å². The first-order valence-electron chi connectivity index (χ1n) is 6.52. The predicted molar refractivity (Wildman–Crippen MR) is 84.7 cm³/mol. The number of halogens is 3. The molecule has 0 aliphatic carbocycles. The van der Waals surface area contributed by atoms with Crippen LogP contribution in [0.25, 0.3) is 0 Å². The van der Waals surface area contributed by atoms with E-state index in [1.54, 1.807) is 0 Å². The summed E-state index contributed by atoms with van der Waals surface area (Å²) in [6.07, 6.45) is 0. The second-order valence-electron chi connectivity index (χ2n) is 4.82. The van der Waals surface area contributed by atoms with Crippen molar-refractivity contribution in [3.8, 4) is 0 Å². The van der Waals surface area contributed by atoms with E-state index in [9.17, 15) is 22.0 Å². The van der Waals surface area contributed by atoms with Crippen molar-refractivity contribution in [2.45, 2.75) is 11.8 Å². The number of benzene rings is 2. The molecule has 0 saturated heterocycles. The standard InChI is InChI=1S/C15H12ClF2NO4S/c1-8-5-9(16)3-4-14(8)24(21,22)19-13-6-10(15(20)23-2)11(17)7-12(13)18/h3-7,19H,1-2H3. The lowest BCUT2D eigenvalue weighted by atomic mass is 10.2. The quantitative estimate of drug-likeness (QED) is 0.830. The minimum Gasteiger partial charge on any atom is -0.465 e. The van der Waals surface area contributed by atoms with Crippen molar-refractivity contribution >= 4 is 33.3 Å². The molecule has 0 unspecified atom stereocenters. The lowest BCUT2D eigenvalue weighted by molar-refractivity contribution is 0.0595. The molecule has 24 heavy (non-hydrogen) atoms. The molecule has 0 aliphatic rings. The van der Waals surface area contributed by atoms with Crippen LogP contribution < -0.4 is 4.72 Å². The summed E-state index contributed by atoms with van der Waals surface area (Å²) in [5.74, 6) is -3.39. The number of rotatable bonds is 4. The van der Waals surface area contributed by atoms with Crippen LogP contribution in [0.15, 0.2) is 35.2 Å². The van der Waals surface area contributed by atoms with E-state index >= 15 is 0 Å². The normalized spacial score (nSPS) is 11.2. The molecule has 128 valence electrons. The van der Waals surface area contributed by atoms with Gasteiger partial charge in [-0.1, -0.05) is 11.6 Å². The fourth-order valence-corrected chi connectivity index (χ4v) is 3.52. The summed E-state index contributed by atoms with van der Waals surface area (Å²) in [5, 5.41) is 0.340. The van der Waals surface area contributed by atoms with Crippen LogP contribution >= 0.6 is 11.6 Å². The van der Waals surface area contributed by atoms with Crippen molar-refractivity contribution in [1.82, 2.24) is 0 Å². The van der Waals surface area contributed by atoms with Gasteiger partial charge in [0.05, 0.1) is 23.3 Å². The minimum atomic E-state index is -4.17. The van der Waals surface area contributed by atoms with Crippen molar-refractivity contribution < 1.29 is 26.7 Å². The molecule has 0 radical (unpaired) electrons. The number of nitrogens with one attached hydrogen (secondary N) is 1. The van der Waals surface area contributed by atoms with Gasteiger partial charge in [0.1, 0.15) is 11.6 Å². The molecule has 0 amide bonds. The Labute approximate surface area is 142 Å². The molecule has 2 aromatic rings. The molecule has 5 nitrogen and oxygen atoms in total. The summed E-state index contributed by atoms with van der Waals surface area (Å²) in [4.78, 5) is 11.3. The van der Waals surface area contributed by atoms with Gasteiger partial charge in [-0.15, -0.1) is 0 Å². The second-order valence-corrected chi connectivity index (χ2v) is 6.91. The number of hydrogen-bond acceptors (Lipinski definition) is 4. The largest absolute Gasteiger partial charge is 0.465 e. The molecular formula is C15H12ClF2NO4S. The van der Waals surface area contributed by atoms with E-state index in [1.165, 1.54) is 25.1 Å². The van der Waals surface area contributed by atoms with Crippen LogP contribution in [0.1, 0.15) is 15.9 Å². The highest BCUT2D eigenvalue weighted by atomic mass is 35.5. The van der Waals surface area contributed by atoms with Crippen LogP contribution in [-0.4, -0.2) is 21.5 Å². The summed E-state index contributed by atoms with van der Waals surface area (Å²) in [6.45, 7) is 1.52. The first kappa shape index (κ1) is 18.2. The number of carbonyl (C=O) groups excluding carboxylic acids is 1. The Morgan fingerprint density at radius 2 is 1.83 bits per heavy atom. The lowest BCUT2D eigenvalue weighted by Gasteiger charge is -2.12. The number of carbonyl (C=O) groups is 1. The van der Waals surface area contributed by atoms with E-state index in [1.807, 2.05) is 4.72 Å². The highest BCUT2D eigenvalue weighted by molar-refractivity contribution is 7.92. The highest BCUT2D eigenvalue weighted by Gasteiger charge is 2.22. The maximum atomic E-state index is 13.9. The molecular weight excluding hydrogens is 364 g/mol. The molecule has 1 N–H and O–H groups in total. The zero-order valence-corrected chi connectivity index (χ0v) is 14.1. The average molecular weight is 376 g/mol. The van der Waals surface area contributed by atoms with Crippen molar-refractivity contribution in [3.63, 3.8) is 0 Å². The van der Waals surface area contributed by atoms with Gasteiger partial charge >= 0.3 is 5.97 Å². The number of aryl methyl sites for hydroxylation is 1. The van der Waals surface area contributed by atoms with Crippen LogP contribution in [0.2, 0.25) is 5.02 Å². The Kier molecular flexibility index (Phi) is 5.10.